The van der Waals surface area contributed by atoms with Crippen molar-refractivity contribution in [3.63, 3.8) is 0 Å². The molecule has 1 rings (SSSR count). The number of benzene rings is 1. The van der Waals surface area contributed by atoms with Crippen LogP contribution in [0.3, 0.4) is 0 Å². The Labute approximate surface area is 88.2 Å². The Morgan fingerprint density at radius 1 is 1.62 bits per heavy atom. The summed E-state index contributed by atoms with van der Waals surface area (Å²) in [5, 5.41) is 2.29. The maximum absolute atomic E-state index is 13.2. The van der Waals surface area contributed by atoms with Gasteiger partial charge in [-0.2, -0.15) is 0 Å². The highest BCUT2D eigenvalue weighted by Crippen LogP contribution is 2.29. The zero-order valence-corrected chi connectivity index (χ0v) is 9.04. The second-order valence-electron chi connectivity index (χ2n) is 2.40. The van der Waals surface area contributed by atoms with Crippen molar-refractivity contribution in [1.29, 1.82) is 0 Å². The predicted octanol–water partition coefficient (Wildman–Crippen LogP) is 3.20. The summed E-state index contributed by atoms with van der Waals surface area (Å²) in [6, 6.07) is 3.00. The van der Waals surface area contributed by atoms with Crippen molar-refractivity contribution in [3.05, 3.63) is 27.4 Å². The van der Waals surface area contributed by atoms with Crippen LogP contribution in [0.1, 0.15) is 6.92 Å². The molecule has 2 nitrogen and oxygen atoms in total. The van der Waals surface area contributed by atoms with E-state index in [2.05, 4.69) is 21.2 Å². The zero-order chi connectivity index (χ0) is 10.0. The number of hydrogen-bond acceptors (Lipinski definition) is 1. The average molecular weight is 266 g/mol. The molecule has 0 saturated carbocycles. The molecule has 0 aliphatic rings. The molecule has 0 saturated heterocycles. The maximum Gasteiger partial charge on any atom is 0.221 e. The molecule has 1 aromatic rings. The van der Waals surface area contributed by atoms with E-state index in [1.807, 2.05) is 0 Å². The van der Waals surface area contributed by atoms with E-state index in [0.717, 1.165) is 0 Å². The van der Waals surface area contributed by atoms with Gasteiger partial charge < -0.3 is 5.32 Å². The molecule has 1 N–H and O–H groups in total. The average Bonchev–Trinajstić information content (AvgIpc) is 2.06. The fourth-order valence-corrected chi connectivity index (χ4v) is 1.28. The smallest absolute Gasteiger partial charge is 0.221 e. The summed E-state index contributed by atoms with van der Waals surface area (Å²) in [4.78, 5) is 10.6. The molecule has 0 spiro atoms. The van der Waals surface area contributed by atoms with Gasteiger partial charge in [-0.05, 0) is 28.1 Å². The molecule has 0 fully saturated rings. The molecule has 70 valence electrons. The Kier molecular flexibility index (Phi) is 3.27. The van der Waals surface area contributed by atoms with E-state index in [9.17, 15) is 9.18 Å². The van der Waals surface area contributed by atoms with Gasteiger partial charge in [-0.1, -0.05) is 11.6 Å². The first-order chi connectivity index (χ1) is 6.02. The number of carbonyl (C=O) groups is 1. The van der Waals surface area contributed by atoms with E-state index in [1.165, 1.54) is 13.0 Å². The van der Waals surface area contributed by atoms with E-state index in [0.29, 0.717) is 4.47 Å². The minimum atomic E-state index is -0.633. The number of carbonyl (C=O) groups excluding carboxylic acids is 1. The topological polar surface area (TPSA) is 29.1 Å². The van der Waals surface area contributed by atoms with Gasteiger partial charge in [0, 0.05) is 11.4 Å². The normalized spacial score (nSPS) is 9.85. The number of halogens is 3. The number of nitrogens with one attached hydrogen (secondary N) is 1. The van der Waals surface area contributed by atoms with Crippen molar-refractivity contribution in [2.75, 3.05) is 5.32 Å². The van der Waals surface area contributed by atoms with Crippen LogP contribution < -0.4 is 5.32 Å². The second kappa shape index (κ2) is 4.07. The van der Waals surface area contributed by atoms with Gasteiger partial charge in [0.05, 0.1) is 10.7 Å². The standard InChI is InChI=1S/C8H6BrClFNO/c1-4(13)12-6-3-2-5(9)7(10)8(6)11/h2-3H,1H3,(H,12,13). The summed E-state index contributed by atoms with van der Waals surface area (Å²) in [5.41, 5.74) is 0.0840. The molecule has 0 radical (unpaired) electrons. The second-order valence-corrected chi connectivity index (χ2v) is 3.64. The molecule has 0 heterocycles. The largest absolute Gasteiger partial charge is 0.324 e. The van der Waals surface area contributed by atoms with Gasteiger partial charge in [0.25, 0.3) is 0 Å². The molecule has 0 unspecified atom stereocenters. The monoisotopic (exact) mass is 265 g/mol. The van der Waals surface area contributed by atoms with Gasteiger partial charge in [0.2, 0.25) is 5.91 Å². The third-order valence-electron chi connectivity index (χ3n) is 1.35. The molecule has 5 heteroatoms. The summed E-state index contributed by atoms with van der Waals surface area (Å²) in [7, 11) is 0. The van der Waals surface area contributed by atoms with Gasteiger partial charge in [-0.15, -0.1) is 0 Å². The van der Waals surface area contributed by atoms with Gasteiger partial charge in [0.15, 0.2) is 5.82 Å². The highest BCUT2D eigenvalue weighted by atomic mass is 79.9. The highest BCUT2D eigenvalue weighted by Gasteiger charge is 2.10. The summed E-state index contributed by atoms with van der Waals surface area (Å²) in [6.45, 7) is 1.30. The van der Waals surface area contributed by atoms with Crippen LogP contribution in [0.4, 0.5) is 10.1 Å². The Balaban J connectivity index is 3.10. The van der Waals surface area contributed by atoms with Crippen LogP contribution in [-0.4, -0.2) is 5.91 Å². The van der Waals surface area contributed by atoms with Crippen molar-refractivity contribution < 1.29 is 9.18 Å². The van der Waals surface area contributed by atoms with Crippen LogP contribution in [0.15, 0.2) is 16.6 Å². The first kappa shape index (κ1) is 10.5. The van der Waals surface area contributed by atoms with E-state index < -0.39 is 5.82 Å². The van der Waals surface area contributed by atoms with Crippen molar-refractivity contribution in [2.45, 2.75) is 6.92 Å². The fraction of sp³-hybridized carbons (Fsp3) is 0.125. The Morgan fingerprint density at radius 3 is 2.77 bits per heavy atom. The van der Waals surface area contributed by atoms with Crippen LogP contribution in [-0.2, 0) is 4.79 Å². The summed E-state index contributed by atoms with van der Waals surface area (Å²) < 4.78 is 13.7. The Morgan fingerprint density at radius 2 is 2.23 bits per heavy atom. The molecule has 0 aliphatic carbocycles. The first-order valence-electron chi connectivity index (χ1n) is 3.43. The predicted molar refractivity (Wildman–Crippen MR) is 53.4 cm³/mol. The third-order valence-corrected chi connectivity index (χ3v) is 2.60. The summed E-state index contributed by atoms with van der Waals surface area (Å²) >= 11 is 8.65. The maximum atomic E-state index is 13.2. The first-order valence-corrected chi connectivity index (χ1v) is 4.60. The van der Waals surface area contributed by atoms with Crippen molar-refractivity contribution in [1.82, 2.24) is 0 Å². The van der Waals surface area contributed by atoms with Gasteiger partial charge >= 0.3 is 0 Å². The quantitative estimate of drug-likeness (QED) is 0.777. The molecule has 0 bridgehead atoms. The van der Waals surface area contributed by atoms with Crippen LogP contribution in [0, 0.1) is 5.82 Å². The van der Waals surface area contributed by atoms with Gasteiger partial charge in [-0.3, -0.25) is 4.79 Å². The van der Waals surface area contributed by atoms with Crippen molar-refractivity contribution >= 4 is 39.1 Å². The van der Waals surface area contributed by atoms with Crippen LogP contribution in [0.25, 0.3) is 0 Å². The molecule has 13 heavy (non-hydrogen) atoms. The lowest BCUT2D eigenvalue weighted by Crippen LogP contribution is -2.07. The van der Waals surface area contributed by atoms with E-state index in [1.54, 1.807) is 6.07 Å². The number of hydrogen-bond donors (Lipinski definition) is 1. The van der Waals surface area contributed by atoms with Crippen molar-refractivity contribution in [3.8, 4) is 0 Å². The van der Waals surface area contributed by atoms with Crippen LogP contribution in [0.2, 0.25) is 5.02 Å². The lowest BCUT2D eigenvalue weighted by molar-refractivity contribution is -0.114. The molecule has 0 aliphatic heterocycles. The van der Waals surface area contributed by atoms with Gasteiger partial charge in [-0.25, -0.2) is 4.39 Å². The number of amides is 1. The van der Waals surface area contributed by atoms with Gasteiger partial charge in [0.1, 0.15) is 0 Å². The highest BCUT2D eigenvalue weighted by molar-refractivity contribution is 9.10. The van der Waals surface area contributed by atoms with E-state index in [-0.39, 0.29) is 16.6 Å². The SMILES string of the molecule is CC(=O)Nc1ccc(Br)c(Cl)c1F. The molecular weight excluding hydrogens is 260 g/mol. The summed E-state index contributed by atoms with van der Waals surface area (Å²) in [5.74, 6) is -0.969. The molecule has 0 atom stereocenters. The third kappa shape index (κ3) is 2.42. The fourth-order valence-electron chi connectivity index (χ4n) is 0.812. The lowest BCUT2D eigenvalue weighted by Gasteiger charge is -2.05. The minimum absolute atomic E-state index is 0.0359. The number of anilines is 1. The molecule has 1 amide bonds. The molecular formula is C8H6BrClFNO. The summed E-state index contributed by atoms with van der Waals surface area (Å²) in [6.07, 6.45) is 0. The van der Waals surface area contributed by atoms with Crippen LogP contribution in [0.5, 0.6) is 0 Å². The molecule has 0 aromatic heterocycles. The molecule has 1 aromatic carbocycles. The van der Waals surface area contributed by atoms with Crippen LogP contribution >= 0.6 is 27.5 Å². The van der Waals surface area contributed by atoms with E-state index >= 15 is 0 Å². The van der Waals surface area contributed by atoms with E-state index in [4.69, 9.17) is 11.6 Å². The zero-order valence-electron chi connectivity index (χ0n) is 6.70. The Bertz CT molecular complexity index is 356. The number of rotatable bonds is 1. The lowest BCUT2D eigenvalue weighted by atomic mass is 10.3. The minimum Gasteiger partial charge on any atom is -0.324 e. The van der Waals surface area contributed by atoms with Crippen molar-refractivity contribution in [2.24, 2.45) is 0 Å². The Hall–Kier alpha value is -0.610.